The third-order valence-corrected chi connectivity index (χ3v) is 1.89. The molecule has 70 valence electrons. The van der Waals surface area contributed by atoms with E-state index in [1.807, 2.05) is 0 Å². The smallest absolute Gasteiger partial charge is 0.166 e. The maximum absolute atomic E-state index is 11.3. The Labute approximate surface area is 81.1 Å². The molecule has 0 heterocycles. The van der Waals surface area contributed by atoms with Gasteiger partial charge in [-0.05, 0) is 12.1 Å². The number of halogens is 1. The highest BCUT2D eigenvalue weighted by Crippen LogP contribution is 2.24. The molecule has 13 heavy (non-hydrogen) atoms. The van der Waals surface area contributed by atoms with Gasteiger partial charge in [-0.15, -0.1) is 11.6 Å². The lowest BCUT2D eigenvalue weighted by Gasteiger charge is -2.04. The van der Waals surface area contributed by atoms with Gasteiger partial charge in [-0.1, -0.05) is 6.07 Å². The highest BCUT2D eigenvalue weighted by molar-refractivity contribution is 6.20. The Kier molecular flexibility index (Phi) is 3.14. The number of ketones is 1. The number of carbonyl (C=O) groups is 1. The summed E-state index contributed by atoms with van der Waals surface area (Å²) in [5, 5.41) is 9.21. The Morgan fingerprint density at radius 1 is 1.54 bits per heavy atom. The molecule has 0 aromatic heterocycles. The molecule has 0 saturated heterocycles. The van der Waals surface area contributed by atoms with Crippen molar-refractivity contribution in [1.29, 1.82) is 0 Å². The Morgan fingerprint density at radius 3 is 2.85 bits per heavy atom. The van der Waals surface area contributed by atoms with Crippen molar-refractivity contribution in [3.05, 3.63) is 23.8 Å². The van der Waals surface area contributed by atoms with Crippen molar-refractivity contribution in [2.75, 3.05) is 11.6 Å². The topological polar surface area (TPSA) is 63.3 Å². The molecule has 4 heteroatoms. The predicted molar refractivity (Wildman–Crippen MR) is 52.2 cm³/mol. The van der Waals surface area contributed by atoms with E-state index in [1.54, 1.807) is 12.1 Å². The minimum atomic E-state index is -0.150. The van der Waals surface area contributed by atoms with Crippen LogP contribution in [0, 0.1) is 0 Å². The molecule has 0 atom stereocenters. The molecule has 0 amide bonds. The van der Waals surface area contributed by atoms with Crippen molar-refractivity contribution >= 4 is 23.1 Å². The van der Waals surface area contributed by atoms with E-state index >= 15 is 0 Å². The number of hydrogen-bond acceptors (Lipinski definition) is 3. The van der Waals surface area contributed by atoms with Crippen LogP contribution in [-0.2, 0) is 0 Å². The zero-order valence-electron chi connectivity index (χ0n) is 6.96. The minimum Gasteiger partial charge on any atom is -0.506 e. The maximum atomic E-state index is 11.3. The molecule has 0 spiro atoms. The lowest BCUT2D eigenvalue weighted by Crippen LogP contribution is -2.04. The first-order chi connectivity index (χ1) is 6.16. The molecule has 0 aliphatic carbocycles. The molecule has 0 aliphatic rings. The van der Waals surface area contributed by atoms with Gasteiger partial charge >= 0.3 is 0 Å². The fourth-order valence-electron chi connectivity index (χ4n) is 1.02. The van der Waals surface area contributed by atoms with Crippen LogP contribution in [0.3, 0.4) is 0 Å². The van der Waals surface area contributed by atoms with Gasteiger partial charge in [0.05, 0.1) is 5.69 Å². The van der Waals surface area contributed by atoms with Crippen molar-refractivity contribution in [2.45, 2.75) is 6.42 Å². The number of Topliss-reactive ketones (excluding diaryl/α,β-unsaturated/α-hetero) is 1. The van der Waals surface area contributed by atoms with Crippen molar-refractivity contribution in [3.8, 4) is 5.75 Å². The highest BCUT2D eigenvalue weighted by atomic mass is 35.5. The van der Waals surface area contributed by atoms with Crippen LogP contribution in [0.2, 0.25) is 0 Å². The number of rotatable bonds is 3. The van der Waals surface area contributed by atoms with E-state index < -0.39 is 0 Å². The van der Waals surface area contributed by atoms with E-state index in [9.17, 15) is 9.90 Å². The molecule has 0 radical (unpaired) electrons. The number of para-hydroxylation sites is 1. The van der Waals surface area contributed by atoms with Crippen molar-refractivity contribution in [1.82, 2.24) is 0 Å². The van der Waals surface area contributed by atoms with Gasteiger partial charge in [0.1, 0.15) is 5.75 Å². The lowest BCUT2D eigenvalue weighted by atomic mass is 10.1. The Balaban J connectivity index is 3.01. The summed E-state index contributed by atoms with van der Waals surface area (Å²) in [5.74, 6) is 0.0392. The van der Waals surface area contributed by atoms with Crippen LogP contribution < -0.4 is 5.73 Å². The summed E-state index contributed by atoms with van der Waals surface area (Å²) in [6, 6.07) is 4.59. The average molecular weight is 200 g/mol. The summed E-state index contributed by atoms with van der Waals surface area (Å²) in [4.78, 5) is 11.3. The molecule has 0 bridgehead atoms. The van der Waals surface area contributed by atoms with E-state index in [2.05, 4.69) is 0 Å². The van der Waals surface area contributed by atoms with Crippen LogP contribution in [0.4, 0.5) is 5.69 Å². The van der Waals surface area contributed by atoms with Gasteiger partial charge in [-0.3, -0.25) is 4.79 Å². The summed E-state index contributed by atoms with van der Waals surface area (Å²) < 4.78 is 0. The number of carbonyl (C=O) groups excluding carboxylic acids is 1. The minimum absolute atomic E-state index is 0.0691. The average Bonchev–Trinajstić information content (AvgIpc) is 2.10. The van der Waals surface area contributed by atoms with Crippen LogP contribution in [-0.4, -0.2) is 16.8 Å². The van der Waals surface area contributed by atoms with Gasteiger partial charge in [-0.25, -0.2) is 0 Å². The number of nitrogen functional groups attached to an aromatic ring is 1. The van der Waals surface area contributed by atoms with E-state index in [-0.39, 0.29) is 29.5 Å². The molecule has 3 nitrogen and oxygen atoms in total. The summed E-state index contributed by atoms with van der Waals surface area (Å²) in [7, 11) is 0. The molecule has 0 saturated carbocycles. The Hall–Kier alpha value is -1.22. The van der Waals surface area contributed by atoms with Gasteiger partial charge in [0.25, 0.3) is 0 Å². The molecule has 1 rings (SSSR count). The second-order valence-corrected chi connectivity index (χ2v) is 2.98. The number of hydrogen-bond donors (Lipinski definition) is 2. The van der Waals surface area contributed by atoms with E-state index in [0.717, 1.165) is 0 Å². The second-order valence-electron chi connectivity index (χ2n) is 2.60. The molecule has 0 unspecified atom stereocenters. The third-order valence-electron chi connectivity index (χ3n) is 1.71. The number of alkyl halides is 1. The lowest BCUT2D eigenvalue weighted by molar-refractivity contribution is 0.0990. The standard InChI is InChI=1S/C9H10ClNO2/c10-5-4-7(12)6-2-1-3-8(13)9(6)11/h1-3,13H,4-5,11H2. The van der Waals surface area contributed by atoms with Gasteiger partial charge in [-0.2, -0.15) is 0 Å². The van der Waals surface area contributed by atoms with Crippen molar-refractivity contribution in [3.63, 3.8) is 0 Å². The first-order valence-corrected chi connectivity index (χ1v) is 4.37. The van der Waals surface area contributed by atoms with Gasteiger partial charge in [0, 0.05) is 17.9 Å². The monoisotopic (exact) mass is 199 g/mol. The first kappa shape index (κ1) is 9.86. The van der Waals surface area contributed by atoms with Crippen LogP contribution in [0.15, 0.2) is 18.2 Å². The molecule has 0 aliphatic heterocycles. The van der Waals surface area contributed by atoms with E-state index in [0.29, 0.717) is 5.56 Å². The largest absolute Gasteiger partial charge is 0.506 e. The Morgan fingerprint density at radius 2 is 2.23 bits per heavy atom. The summed E-state index contributed by atoms with van der Waals surface area (Å²) >= 11 is 5.41. The summed E-state index contributed by atoms with van der Waals surface area (Å²) in [6.07, 6.45) is 0.231. The number of aromatic hydroxyl groups is 1. The maximum Gasteiger partial charge on any atom is 0.166 e. The Bertz CT molecular complexity index is 325. The van der Waals surface area contributed by atoms with Crippen LogP contribution in [0.5, 0.6) is 5.75 Å². The van der Waals surface area contributed by atoms with Gasteiger partial charge in [0.15, 0.2) is 5.78 Å². The first-order valence-electron chi connectivity index (χ1n) is 3.83. The van der Waals surface area contributed by atoms with E-state index in [1.165, 1.54) is 6.07 Å². The number of anilines is 1. The zero-order valence-corrected chi connectivity index (χ0v) is 7.71. The molecule has 1 aromatic carbocycles. The quantitative estimate of drug-likeness (QED) is 0.338. The van der Waals surface area contributed by atoms with Crippen LogP contribution in [0.25, 0.3) is 0 Å². The van der Waals surface area contributed by atoms with Crippen molar-refractivity contribution < 1.29 is 9.90 Å². The molecular formula is C9H10ClNO2. The molecule has 3 N–H and O–H groups in total. The number of benzene rings is 1. The third kappa shape index (κ3) is 2.12. The van der Waals surface area contributed by atoms with Gasteiger partial charge < -0.3 is 10.8 Å². The van der Waals surface area contributed by atoms with Crippen LogP contribution in [0.1, 0.15) is 16.8 Å². The van der Waals surface area contributed by atoms with E-state index in [4.69, 9.17) is 17.3 Å². The SMILES string of the molecule is Nc1c(O)cccc1C(=O)CCCl. The number of phenolic OH excluding ortho intramolecular Hbond substituents is 1. The normalized spacial score (nSPS) is 9.92. The molecule has 1 aromatic rings. The molecule has 0 fully saturated rings. The predicted octanol–water partition coefficient (Wildman–Crippen LogP) is 1.79. The summed E-state index contributed by atoms with van der Waals surface area (Å²) in [5.41, 5.74) is 5.96. The zero-order chi connectivity index (χ0) is 9.84. The van der Waals surface area contributed by atoms with Crippen molar-refractivity contribution in [2.24, 2.45) is 0 Å². The van der Waals surface area contributed by atoms with Crippen LogP contribution >= 0.6 is 11.6 Å². The van der Waals surface area contributed by atoms with Gasteiger partial charge in [0.2, 0.25) is 0 Å². The number of phenols is 1. The summed E-state index contributed by atoms with van der Waals surface area (Å²) in [6.45, 7) is 0. The fraction of sp³-hybridized carbons (Fsp3) is 0.222. The number of nitrogens with two attached hydrogens (primary N) is 1. The fourth-order valence-corrected chi connectivity index (χ4v) is 1.19. The second kappa shape index (κ2) is 4.14. The highest BCUT2D eigenvalue weighted by Gasteiger charge is 2.10. The molecular weight excluding hydrogens is 190 g/mol.